The van der Waals surface area contributed by atoms with Crippen LogP contribution in [0.2, 0.25) is 5.02 Å². The fourth-order valence-electron chi connectivity index (χ4n) is 5.93. The number of benzene rings is 1. The van der Waals surface area contributed by atoms with E-state index >= 15 is 0 Å². The van der Waals surface area contributed by atoms with E-state index in [2.05, 4.69) is 21.2 Å². The number of fused-ring (bicyclic) bond motifs is 6. The van der Waals surface area contributed by atoms with Gasteiger partial charge in [0.25, 0.3) is 0 Å². The molecule has 3 aliphatic heterocycles. The first-order valence-corrected chi connectivity index (χ1v) is 11.3. The van der Waals surface area contributed by atoms with Gasteiger partial charge in [0, 0.05) is 29.8 Å². The molecule has 0 unspecified atom stereocenters. The van der Waals surface area contributed by atoms with Gasteiger partial charge in [0.2, 0.25) is 0 Å². The quantitative estimate of drug-likeness (QED) is 0.530. The first-order valence-electron chi connectivity index (χ1n) is 10.5. The third-order valence-electron chi connectivity index (χ3n) is 7.01. The summed E-state index contributed by atoms with van der Waals surface area (Å²) in [5.41, 5.74) is 2.68. The van der Waals surface area contributed by atoms with Crippen LogP contribution >= 0.6 is 23.8 Å². The number of rotatable bonds is 1. The van der Waals surface area contributed by atoms with Gasteiger partial charge < -0.3 is 10.2 Å². The van der Waals surface area contributed by atoms with Crippen LogP contribution < -0.4 is 5.32 Å². The summed E-state index contributed by atoms with van der Waals surface area (Å²) in [6.45, 7) is 3.61. The minimum Gasteiger partial charge on any atom is -0.342 e. The Labute approximate surface area is 172 Å². The number of nitrogens with one attached hydrogen (secondary N) is 1. The van der Waals surface area contributed by atoms with Gasteiger partial charge in [-0.2, -0.15) is 0 Å². The highest BCUT2D eigenvalue weighted by Gasteiger charge is 2.46. The molecule has 3 fully saturated rings. The van der Waals surface area contributed by atoms with Gasteiger partial charge in [0.15, 0.2) is 5.11 Å². The van der Waals surface area contributed by atoms with Crippen LogP contribution in [0, 0.1) is 11.8 Å². The molecule has 1 aromatic rings. The Morgan fingerprint density at radius 3 is 2.81 bits per heavy atom. The van der Waals surface area contributed by atoms with Gasteiger partial charge in [0.1, 0.15) is 0 Å². The Bertz CT molecular complexity index is 746. The highest BCUT2D eigenvalue weighted by atomic mass is 35.5. The molecule has 0 radical (unpaired) electrons. The summed E-state index contributed by atoms with van der Waals surface area (Å²) in [7, 11) is 0. The van der Waals surface area contributed by atoms with Gasteiger partial charge in [-0.05, 0) is 87.0 Å². The van der Waals surface area contributed by atoms with Crippen molar-refractivity contribution >= 4 is 34.6 Å². The van der Waals surface area contributed by atoms with Crippen molar-refractivity contribution in [3.8, 4) is 0 Å². The summed E-state index contributed by atoms with van der Waals surface area (Å²) in [6.07, 6.45) is 10.6. The lowest BCUT2D eigenvalue weighted by atomic mass is 9.68. The third kappa shape index (κ3) is 3.41. The maximum atomic E-state index is 6.02. The lowest BCUT2D eigenvalue weighted by Gasteiger charge is -2.55. The molecule has 0 spiro atoms. The largest absolute Gasteiger partial charge is 0.342 e. The predicted octanol–water partition coefficient (Wildman–Crippen LogP) is 4.93. The van der Waals surface area contributed by atoms with Crippen molar-refractivity contribution in [1.82, 2.24) is 9.80 Å². The number of nitrogens with zero attached hydrogens (tertiary/aromatic N) is 2. The molecule has 1 aliphatic carbocycles. The van der Waals surface area contributed by atoms with Gasteiger partial charge in [-0.25, -0.2) is 0 Å². The lowest BCUT2D eigenvalue weighted by Crippen LogP contribution is -2.60. The minimum atomic E-state index is 0.491. The van der Waals surface area contributed by atoms with Crippen molar-refractivity contribution in [3.05, 3.63) is 40.9 Å². The standard InChI is InChI=1S/C22H28ClN3S/c23-18-6-8-19(9-7-18)24-22(27)26-11-3-4-15-12-16-13-17(21(15)26)14-25-10-2-1-5-20(16)25/h6-9,12,16-17,20-21H,1-5,10-11,13-14H2,(H,24,27)/t16-,17+,20-,21-/m1/s1. The first kappa shape index (κ1) is 18.0. The Morgan fingerprint density at radius 1 is 1.11 bits per heavy atom. The number of hydrogen-bond donors (Lipinski definition) is 1. The van der Waals surface area contributed by atoms with Crippen molar-refractivity contribution in [3.63, 3.8) is 0 Å². The third-order valence-corrected chi connectivity index (χ3v) is 7.60. The van der Waals surface area contributed by atoms with Crippen molar-refractivity contribution in [2.75, 3.05) is 25.0 Å². The molecule has 0 aromatic heterocycles. The Hall–Kier alpha value is -1.10. The van der Waals surface area contributed by atoms with Gasteiger partial charge in [-0.3, -0.25) is 4.90 Å². The number of likely N-dealkylation sites (tertiary alicyclic amines) is 1. The van der Waals surface area contributed by atoms with Gasteiger partial charge in [0.05, 0.1) is 6.04 Å². The lowest BCUT2D eigenvalue weighted by molar-refractivity contribution is 0.0132. The van der Waals surface area contributed by atoms with Crippen molar-refractivity contribution in [1.29, 1.82) is 0 Å². The molecule has 3 nitrogen and oxygen atoms in total. The van der Waals surface area contributed by atoms with E-state index in [1.807, 2.05) is 24.3 Å². The van der Waals surface area contributed by atoms with E-state index in [0.717, 1.165) is 40.2 Å². The van der Waals surface area contributed by atoms with Gasteiger partial charge in [-0.15, -0.1) is 0 Å². The highest BCUT2D eigenvalue weighted by molar-refractivity contribution is 7.80. The number of halogens is 1. The maximum absolute atomic E-state index is 6.02. The Kier molecular flexibility index (Phi) is 4.91. The molecule has 3 saturated heterocycles. The molecule has 27 heavy (non-hydrogen) atoms. The second-order valence-corrected chi connectivity index (χ2v) is 9.46. The van der Waals surface area contributed by atoms with E-state index in [4.69, 9.17) is 23.8 Å². The number of anilines is 1. The van der Waals surface area contributed by atoms with Crippen LogP contribution in [0.4, 0.5) is 5.69 Å². The smallest absolute Gasteiger partial charge is 0.173 e. The van der Waals surface area contributed by atoms with Crippen molar-refractivity contribution in [2.24, 2.45) is 11.8 Å². The predicted molar refractivity (Wildman–Crippen MR) is 116 cm³/mol. The Balaban J connectivity index is 1.38. The molecule has 4 aliphatic rings. The monoisotopic (exact) mass is 401 g/mol. The SMILES string of the molecule is S=C(Nc1ccc(Cl)cc1)N1CCCC2=C[C@@H]3C[C@@H](CN4CCCC[C@H]34)[C@@H]21. The molecule has 2 bridgehead atoms. The molecular formula is C22H28ClN3S. The molecule has 5 heteroatoms. The molecule has 1 N–H and O–H groups in total. The zero-order valence-corrected chi connectivity index (χ0v) is 17.3. The van der Waals surface area contributed by atoms with Crippen LogP contribution in [0.1, 0.15) is 38.5 Å². The van der Waals surface area contributed by atoms with Gasteiger partial charge in [-0.1, -0.05) is 29.7 Å². The topological polar surface area (TPSA) is 18.5 Å². The molecule has 0 saturated carbocycles. The molecule has 0 amide bonds. The zero-order valence-electron chi connectivity index (χ0n) is 15.7. The minimum absolute atomic E-state index is 0.491. The van der Waals surface area contributed by atoms with Crippen LogP contribution in [0.15, 0.2) is 35.9 Å². The molecule has 5 rings (SSSR count). The molecule has 3 heterocycles. The first-order chi connectivity index (χ1) is 13.2. The second kappa shape index (κ2) is 7.38. The normalized spacial score (nSPS) is 32.9. The average molecular weight is 402 g/mol. The Morgan fingerprint density at radius 2 is 1.96 bits per heavy atom. The van der Waals surface area contributed by atoms with Crippen LogP contribution in [0.3, 0.4) is 0 Å². The summed E-state index contributed by atoms with van der Waals surface area (Å²) in [6, 6.07) is 9.13. The average Bonchev–Trinajstić information content (AvgIpc) is 2.69. The van der Waals surface area contributed by atoms with Crippen LogP contribution in [0.25, 0.3) is 0 Å². The highest BCUT2D eigenvalue weighted by Crippen LogP contribution is 2.45. The van der Waals surface area contributed by atoms with Crippen LogP contribution in [0.5, 0.6) is 0 Å². The van der Waals surface area contributed by atoms with Crippen molar-refractivity contribution < 1.29 is 0 Å². The summed E-state index contributed by atoms with van der Waals surface area (Å²) in [4.78, 5) is 5.27. The molecule has 4 atom stereocenters. The van der Waals surface area contributed by atoms with E-state index < -0.39 is 0 Å². The van der Waals surface area contributed by atoms with E-state index in [1.54, 1.807) is 5.57 Å². The summed E-state index contributed by atoms with van der Waals surface area (Å²) < 4.78 is 0. The van der Waals surface area contributed by atoms with Crippen molar-refractivity contribution in [2.45, 2.75) is 50.6 Å². The van der Waals surface area contributed by atoms with E-state index in [-0.39, 0.29) is 0 Å². The number of piperidine rings is 3. The maximum Gasteiger partial charge on any atom is 0.173 e. The van der Waals surface area contributed by atoms with Crippen LogP contribution in [-0.4, -0.2) is 46.6 Å². The van der Waals surface area contributed by atoms with E-state index in [1.165, 1.54) is 51.6 Å². The molecule has 1 aromatic carbocycles. The van der Waals surface area contributed by atoms with Crippen LogP contribution in [-0.2, 0) is 0 Å². The fourth-order valence-corrected chi connectivity index (χ4v) is 6.38. The fraction of sp³-hybridized carbons (Fsp3) is 0.591. The summed E-state index contributed by atoms with van der Waals surface area (Å²) in [5, 5.41) is 5.08. The second-order valence-electron chi connectivity index (χ2n) is 8.64. The zero-order chi connectivity index (χ0) is 18.4. The van der Waals surface area contributed by atoms with E-state index in [9.17, 15) is 0 Å². The van der Waals surface area contributed by atoms with E-state index in [0.29, 0.717) is 6.04 Å². The molecule has 144 valence electrons. The number of hydrogen-bond acceptors (Lipinski definition) is 2. The number of thiocarbonyl (C=S) groups is 1. The molecular weight excluding hydrogens is 374 g/mol. The summed E-state index contributed by atoms with van der Waals surface area (Å²) >= 11 is 11.9. The summed E-state index contributed by atoms with van der Waals surface area (Å²) in [5.74, 6) is 1.49. The van der Waals surface area contributed by atoms with Gasteiger partial charge >= 0.3 is 0 Å².